The number of carbonyl (C=O) groups excluding carboxylic acids is 2. The summed E-state index contributed by atoms with van der Waals surface area (Å²) in [6.45, 7) is 0. The number of methoxy groups -OCH3 is 2. The minimum Gasteiger partial charge on any atom is -0.504 e. The fourth-order valence-corrected chi connectivity index (χ4v) is 2.92. The van der Waals surface area contributed by atoms with Crippen LogP contribution < -0.4 is 25.4 Å². The number of phenolic OH excluding ortho intramolecular Hbond substituents is 1. The van der Waals surface area contributed by atoms with Crippen LogP contribution in [0.5, 0.6) is 17.2 Å². The molecule has 0 aliphatic carbocycles. The zero-order chi connectivity index (χ0) is 24.0. The molecule has 0 spiro atoms. The van der Waals surface area contributed by atoms with Crippen LogP contribution in [-0.2, 0) is 0 Å². The molecule has 2 amide bonds. The lowest BCUT2D eigenvalue weighted by Gasteiger charge is -2.14. The standard InChI is InChI=1S/C23H21FN4O5/c1-32-19-11-14(10-18(29)20(19)33-2)22(31)28-23(25)26-15-8-9-16(24)17(12-15)27-21(30)13-6-4-3-5-7-13/h3-12,29H,1-2H3,(H,27,30)(H3,25,26,28,31). The second-order valence-corrected chi connectivity index (χ2v) is 6.70. The molecule has 0 radical (unpaired) electrons. The Bertz CT molecular complexity index is 1200. The van der Waals surface area contributed by atoms with E-state index in [4.69, 9.17) is 14.9 Å². The first-order chi connectivity index (χ1) is 15.8. The van der Waals surface area contributed by atoms with Crippen LogP contribution in [0, 0.1) is 11.2 Å². The summed E-state index contributed by atoms with van der Waals surface area (Å²) in [6, 6.07) is 14.6. The number of carbonyl (C=O) groups is 2. The van der Waals surface area contributed by atoms with E-state index in [0.717, 1.165) is 6.07 Å². The molecule has 0 atom stereocenters. The Kier molecular flexibility index (Phi) is 7.09. The van der Waals surface area contributed by atoms with E-state index in [2.05, 4.69) is 16.0 Å². The van der Waals surface area contributed by atoms with Crippen LogP contribution in [0.4, 0.5) is 15.8 Å². The van der Waals surface area contributed by atoms with Crippen molar-refractivity contribution < 1.29 is 28.6 Å². The molecule has 0 unspecified atom stereocenters. The van der Waals surface area contributed by atoms with Crippen LogP contribution >= 0.6 is 0 Å². The molecule has 33 heavy (non-hydrogen) atoms. The van der Waals surface area contributed by atoms with Gasteiger partial charge in [-0.05, 0) is 42.5 Å². The average Bonchev–Trinajstić information content (AvgIpc) is 2.81. The molecule has 170 valence electrons. The minimum atomic E-state index is -0.705. The Labute approximate surface area is 188 Å². The summed E-state index contributed by atoms with van der Waals surface area (Å²) in [4.78, 5) is 24.8. The molecule has 0 saturated heterocycles. The highest BCUT2D eigenvalue weighted by Gasteiger charge is 2.17. The molecule has 0 heterocycles. The van der Waals surface area contributed by atoms with Crippen molar-refractivity contribution in [2.75, 3.05) is 24.9 Å². The number of hydrogen-bond acceptors (Lipinski definition) is 6. The minimum absolute atomic E-state index is 0.0200. The first-order valence-electron chi connectivity index (χ1n) is 9.60. The van der Waals surface area contributed by atoms with Gasteiger partial charge in [-0.1, -0.05) is 18.2 Å². The average molecular weight is 452 g/mol. The van der Waals surface area contributed by atoms with Crippen molar-refractivity contribution >= 4 is 29.1 Å². The zero-order valence-electron chi connectivity index (χ0n) is 17.7. The zero-order valence-corrected chi connectivity index (χ0v) is 17.7. The molecule has 5 N–H and O–H groups in total. The quantitative estimate of drug-likeness (QED) is 0.287. The third-order valence-electron chi connectivity index (χ3n) is 4.48. The van der Waals surface area contributed by atoms with E-state index in [0.29, 0.717) is 5.56 Å². The van der Waals surface area contributed by atoms with E-state index in [1.165, 1.54) is 38.5 Å². The fourth-order valence-electron chi connectivity index (χ4n) is 2.92. The molecule has 9 nitrogen and oxygen atoms in total. The summed E-state index contributed by atoms with van der Waals surface area (Å²) < 4.78 is 24.3. The number of nitrogens with one attached hydrogen (secondary N) is 4. The van der Waals surface area contributed by atoms with Gasteiger partial charge in [0, 0.05) is 16.8 Å². The van der Waals surface area contributed by atoms with E-state index in [-0.39, 0.29) is 34.2 Å². The van der Waals surface area contributed by atoms with Crippen LogP contribution in [-0.4, -0.2) is 37.1 Å². The summed E-state index contributed by atoms with van der Waals surface area (Å²) >= 11 is 0. The maximum atomic E-state index is 14.2. The smallest absolute Gasteiger partial charge is 0.258 e. The predicted molar refractivity (Wildman–Crippen MR) is 121 cm³/mol. The fraction of sp³-hybridized carbons (Fsp3) is 0.0870. The van der Waals surface area contributed by atoms with Crippen LogP contribution in [0.1, 0.15) is 20.7 Å². The summed E-state index contributed by atoms with van der Waals surface area (Å²) in [5, 5.41) is 25.4. The molecule has 3 rings (SSSR count). The van der Waals surface area contributed by atoms with E-state index >= 15 is 0 Å². The Morgan fingerprint density at radius 2 is 1.64 bits per heavy atom. The number of phenols is 1. The normalized spacial score (nSPS) is 10.2. The third-order valence-corrected chi connectivity index (χ3v) is 4.48. The molecule has 3 aromatic carbocycles. The molecule has 10 heteroatoms. The van der Waals surface area contributed by atoms with Crippen LogP contribution in [0.25, 0.3) is 0 Å². The van der Waals surface area contributed by atoms with Gasteiger partial charge in [-0.25, -0.2) is 4.39 Å². The number of ether oxygens (including phenoxy) is 2. The van der Waals surface area contributed by atoms with Gasteiger partial charge in [0.1, 0.15) is 5.82 Å². The number of halogens is 1. The SMILES string of the molecule is COc1cc(C(=O)NC(=N)Nc2ccc(F)c(NC(=O)c3ccccc3)c2)cc(O)c1OC. The van der Waals surface area contributed by atoms with Gasteiger partial charge in [-0.3, -0.25) is 20.3 Å². The number of anilines is 2. The Morgan fingerprint density at radius 1 is 0.909 bits per heavy atom. The first-order valence-corrected chi connectivity index (χ1v) is 9.60. The monoisotopic (exact) mass is 452 g/mol. The van der Waals surface area contributed by atoms with Crippen molar-refractivity contribution in [1.29, 1.82) is 5.41 Å². The molecule has 0 saturated carbocycles. The van der Waals surface area contributed by atoms with Gasteiger partial charge in [0.05, 0.1) is 19.9 Å². The van der Waals surface area contributed by atoms with Crippen LogP contribution in [0.2, 0.25) is 0 Å². The number of amides is 2. The van der Waals surface area contributed by atoms with Gasteiger partial charge in [-0.2, -0.15) is 0 Å². The number of benzene rings is 3. The van der Waals surface area contributed by atoms with Crippen LogP contribution in [0.15, 0.2) is 60.7 Å². The first kappa shape index (κ1) is 23.1. The van der Waals surface area contributed by atoms with E-state index < -0.39 is 23.6 Å². The van der Waals surface area contributed by atoms with Gasteiger partial charge >= 0.3 is 0 Å². The van der Waals surface area contributed by atoms with Gasteiger partial charge in [0.2, 0.25) is 5.75 Å². The largest absolute Gasteiger partial charge is 0.504 e. The Balaban J connectivity index is 1.69. The lowest BCUT2D eigenvalue weighted by Crippen LogP contribution is -2.35. The van der Waals surface area contributed by atoms with Crippen molar-refractivity contribution in [2.45, 2.75) is 0 Å². The van der Waals surface area contributed by atoms with Crippen molar-refractivity contribution in [2.24, 2.45) is 0 Å². The molecule has 0 bridgehead atoms. The van der Waals surface area contributed by atoms with Gasteiger partial charge in [-0.15, -0.1) is 0 Å². The number of aromatic hydroxyl groups is 1. The van der Waals surface area contributed by atoms with Crippen molar-refractivity contribution in [1.82, 2.24) is 5.32 Å². The Hall–Kier alpha value is -4.60. The second kappa shape index (κ2) is 10.1. The van der Waals surface area contributed by atoms with Gasteiger partial charge in [0.15, 0.2) is 17.5 Å². The van der Waals surface area contributed by atoms with Crippen LogP contribution in [0.3, 0.4) is 0 Å². The number of hydrogen-bond donors (Lipinski definition) is 5. The molecule has 0 fully saturated rings. The molecular weight excluding hydrogens is 431 g/mol. The predicted octanol–water partition coefficient (Wildman–Crippen LogP) is 3.58. The molecular formula is C23H21FN4O5. The highest BCUT2D eigenvalue weighted by atomic mass is 19.1. The van der Waals surface area contributed by atoms with E-state index in [1.807, 2.05) is 0 Å². The summed E-state index contributed by atoms with van der Waals surface area (Å²) in [7, 11) is 2.70. The Morgan fingerprint density at radius 3 is 2.30 bits per heavy atom. The third kappa shape index (κ3) is 5.56. The highest BCUT2D eigenvalue weighted by Crippen LogP contribution is 2.37. The van der Waals surface area contributed by atoms with Gasteiger partial charge < -0.3 is 25.2 Å². The number of guanidine groups is 1. The highest BCUT2D eigenvalue weighted by molar-refractivity contribution is 6.09. The maximum absolute atomic E-state index is 14.2. The molecule has 0 aliphatic rings. The van der Waals surface area contributed by atoms with Crippen molar-refractivity contribution in [3.05, 3.63) is 77.6 Å². The van der Waals surface area contributed by atoms with Crippen molar-refractivity contribution in [3.8, 4) is 17.2 Å². The second-order valence-electron chi connectivity index (χ2n) is 6.70. The summed E-state index contributed by atoms with van der Waals surface area (Å²) in [5.74, 6) is -2.38. The summed E-state index contributed by atoms with van der Waals surface area (Å²) in [5.41, 5.74) is 0.526. The van der Waals surface area contributed by atoms with Gasteiger partial charge in [0.25, 0.3) is 11.8 Å². The summed E-state index contributed by atoms with van der Waals surface area (Å²) in [6.07, 6.45) is 0. The molecule has 0 aliphatic heterocycles. The molecule has 3 aromatic rings. The lowest BCUT2D eigenvalue weighted by molar-refractivity contribution is 0.0974. The lowest BCUT2D eigenvalue weighted by atomic mass is 10.1. The van der Waals surface area contributed by atoms with E-state index in [1.54, 1.807) is 30.3 Å². The number of rotatable bonds is 6. The van der Waals surface area contributed by atoms with Crippen molar-refractivity contribution in [3.63, 3.8) is 0 Å². The maximum Gasteiger partial charge on any atom is 0.258 e. The van der Waals surface area contributed by atoms with E-state index in [9.17, 15) is 19.1 Å². The molecule has 0 aromatic heterocycles. The topological polar surface area (TPSA) is 133 Å².